The van der Waals surface area contributed by atoms with Crippen molar-refractivity contribution in [2.45, 2.75) is 6.42 Å². The molecule has 1 heterocycles. The van der Waals surface area contributed by atoms with Gasteiger partial charge in [0.2, 0.25) is 0 Å². The highest BCUT2D eigenvalue weighted by Crippen LogP contribution is 2.33. The third-order valence-corrected chi connectivity index (χ3v) is 5.33. The first-order valence-electron chi connectivity index (χ1n) is 8.72. The highest BCUT2D eigenvalue weighted by Gasteiger charge is 2.21. The van der Waals surface area contributed by atoms with Crippen LogP contribution in [0.4, 0.5) is 5.13 Å². The third-order valence-electron chi connectivity index (χ3n) is 3.98. The van der Waals surface area contributed by atoms with E-state index in [-0.39, 0.29) is 24.9 Å². The number of carbonyl (C=O) groups excluding carboxylic acids is 1. The van der Waals surface area contributed by atoms with Crippen molar-refractivity contribution in [1.29, 1.82) is 0 Å². The fourth-order valence-corrected chi connectivity index (χ4v) is 3.94. The van der Waals surface area contributed by atoms with Crippen LogP contribution >= 0.6 is 22.9 Å². The molecule has 0 radical (unpaired) electrons. The second-order valence-corrected chi connectivity index (χ2v) is 7.80. The van der Waals surface area contributed by atoms with Crippen LogP contribution in [0.2, 0.25) is 5.02 Å². The standard InChI is InChI=1S/C20H22ClN3O2S.ClH/c1-23(2)12-7-13-24(18(25)14-26-15-8-4-3-5-9-15)20-22-19-16(21)10-6-11-17(19)27-20;/h3-6,8-11H,7,12-14H2,1-2H3;1H/p-1. The summed E-state index contributed by atoms with van der Waals surface area (Å²) in [7, 11) is 4.03. The number of amides is 1. The van der Waals surface area contributed by atoms with Crippen molar-refractivity contribution in [3.05, 3.63) is 53.6 Å². The molecule has 0 saturated heterocycles. The number of carbonyl (C=O) groups is 1. The lowest BCUT2D eigenvalue weighted by Crippen LogP contribution is -3.00. The van der Waals surface area contributed by atoms with Crippen LogP contribution in [0, 0.1) is 0 Å². The van der Waals surface area contributed by atoms with Crippen molar-refractivity contribution >= 4 is 44.2 Å². The Balaban J connectivity index is 0.00000280. The number of ether oxygens (including phenoxy) is 1. The quantitative estimate of drug-likeness (QED) is 0.531. The molecule has 0 atom stereocenters. The van der Waals surface area contributed by atoms with Gasteiger partial charge in [0.1, 0.15) is 11.3 Å². The Hall–Kier alpha value is -1.86. The van der Waals surface area contributed by atoms with Gasteiger partial charge in [-0.05, 0) is 51.3 Å². The first kappa shape index (κ1) is 22.4. The minimum Gasteiger partial charge on any atom is -1.00 e. The minimum atomic E-state index is -0.118. The Labute approximate surface area is 180 Å². The van der Waals surface area contributed by atoms with Crippen LogP contribution in [0.15, 0.2) is 48.5 Å². The monoisotopic (exact) mass is 438 g/mol. The molecule has 8 heteroatoms. The van der Waals surface area contributed by atoms with Crippen LogP contribution in [0.1, 0.15) is 6.42 Å². The van der Waals surface area contributed by atoms with Gasteiger partial charge in [0.25, 0.3) is 5.91 Å². The molecule has 28 heavy (non-hydrogen) atoms. The van der Waals surface area contributed by atoms with Gasteiger partial charge in [-0.25, -0.2) is 4.98 Å². The SMILES string of the molecule is CN(C)CCCN(C(=O)COc1ccccc1)c1nc2c(Cl)cccc2s1.[Cl-]. The summed E-state index contributed by atoms with van der Waals surface area (Å²) in [6.07, 6.45) is 0.841. The molecular formula is C20H22Cl2N3O2S-. The molecule has 0 saturated carbocycles. The second kappa shape index (κ2) is 10.6. The van der Waals surface area contributed by atoms with Gasteiger partial charge in [0, 0.05) is 6.54 Å². The largest absolute Gasteiger partial charge is 1.00 e. The zero-order chi connectivity index (χ0) is 19.2. The smallest absolute Gasteiger partial charge is 0.266 e. The molecule has 0 bridgehead atoms. The molecule has 1 aromatic heterocycles. The van der Waals surface area contributed by atoms with Crippen LogP contribution in [0.5, 0.6) is 5.75 Å². The Morgan fingerprint density at radius 1 is 1.11 bits per heavy atom. The molecule has 150 valence electrons. The number of rotatable bonds is 8. The first-order valence-corrected chi connectivity index (χ1v) is 9.92. The molecule has 2 aromatic carbocycles. The minimum absolute atomic E-state index is 0. The number of aromatic nitrogens is 1. The maximum absolute atomic E-state index is 12.9. The lowest BCUT2D eigenvalue weighted by molar-refractivity contribution is -0.120. The van der Waals surface area contributed by atoms with Crippen molar-refractivity contribution in [3.63, 3.8) is 0 Å². The first-order chi connectivity index (χ1) is 13.0. The molecule has 3 aromatic rings. The maximum atomic E-state index is 12.9. The molecule has 0 spiro atoms. The van der Waals surface area contributed by atoms with Gasteiger partial charge in [-0.1, -0.05) is 47.2 Å². The van der Waals surface area contributed by atoms with Crippen LogP contribution in [-0.4, -0.2) is 49.6 Å². The van der Waals surface area contributed by atoms with Gasteiger partial charge < -0.3 is 22.0 Å². The summed E-state index contributed by atoms with van der Waals surface area (Å²) in [6, 6.07) is 15.0. The number of fused-ring (bicyclic) bond motifs is 1. The summed E-state index contributed by atoms with van der Waals surface area (Å²) in [5.41, 5.74) is 0.730. The van der Waals surface area contributed by atoms with Crippen molar-refractivity contribution in [2.75, 3.05) is 38.7 Å². The number of thiazole rings is 1. The topological polar surface area (TPSA) is 45.7 Å². The molecule has 0 aliphatic heterocycles. The van der Waals surface area contributed by atoms with Gasteiger partial charge in [-0.15, -0.1) is 0 Å². The van der Waals surface area contributed by atoms with Crippen LogP contribution in [-0.2, 0) is 4.79 Å². The maximum Gasteiger partial charge on any atom is 0.266 e. The average Bonchev–Trinajstić information content (AvgIpc) is 3.09. The van der Waals surface area contributed by atoms with E-state index in [4.69, 9.17) is 16.3 Å². The number of benzene rings is 2. The summed E-state index contributed by atoms with van der Waals surface area (Å²) in [5, 5.41) is 1.25. The number of halogens is 2. The number of nitrogens with zero attached hydrogens (tertiary/aromatic N) is 3. The second-order valence-electron chi connectivity index (χ2n) is 6.39. The van der Waals surface area contributed by atoms with E-state index in [2.05, 4.69) is 9.88 Å². The van der Waals surface area contributed by atoms with Gasteiger partial charge in [-0.3, -0.25) is 9.69 Å². The van der Waals surface area contributed by atoms with Gasteiger partial charge in [-0.2, -0.15) is 0 Å². The Morgan fingerprint density at radius 2 is 1.86 bits per heavy atom. The van der Waals surface area contributed by atoms with Gasteiger partial charge in [0.05, 0.1) is 9.72 Å². The molecule has 0 N–H and O–H groups in total. The summed E-state index contributed by atoms with van der Waals surface area (Å²) in [5.74, 6) is 0.555. The number of hydrogen-bond donors (Lipinski definition) is 0. The number of hydrogen-bond acceptors (Lipinski definition) is 5. The van der Waals surface area contributed by atoms with E-state index >= 15 is 0 Å². The number of anilines is 1. The zero-order valence-corrected chi connectivity index (χ0v) is 18.1. The highest BCUT2D eigenvalue weighted by atomic mass is 35.5. The molecule has 1 amide bonds. The third kappa shape index (κ3) is 5.82. The fraction of sp³-hybridized carbons (Fsp3) is 0.300. The van der Waals surface area contributed by atoms with E-state index in [0.29, 0.717) is 22.4 Å². The van der Waals surface area contributed by atoms with E-state index in [0.717, 1.165) is 23.2 Å². The van der Waals surface area contributed by atoms with Gasteiger partial charge >= 0.3 is 0 Å². The number of para-hydroxylation sites is 2. The normalized spacial score (nSPS) is 10.7. The molecular weight excluding hydrogens is 417 g/mol. The Kier molecular flexibility index (Phi) is 8.51. The van der Waals surface area contributed by atoms with Crippen molar-refractivity contribution in [3.8, 4) is 5.75 Å². The molecule has 5 nitrogen and oxygen atoms in total. The predicted octanol–water partition coefficient (Wildman–Crippen LogP) is 1.32. The van der Waals surface area contributed by atoms with Crippen molar-refractivity contribution in [1.82, 2.24) is 9.88 Å². The predicted molar refractivity (Wildman–Crippen MR) is 112 cm³/mol. The summed E-state index contributed by atoms with van der Waals surface area (Å²) < 4.78 is 6.61. The lowest BCUT2D eigenvalue weighted by Gasteiger charge is -2.21. The Morgan fingerprint density at radius 3 is 2.54 bits per heavy atom. The summed E-state index contributed by atoms with van der Waals surface area (Å²) in [4.78, 5) is 21.3. The van der Waals surface area contributed by atoms with E-state index in [1.54, 1.807) is 4.90 Å². The van der Waals surface area contributed by atoms with Crippen LogP contribution in [0.3, 0.4) is 0 Å². The van der Waals surface area contributed by atoms with E-state index in [1.165, 1.54) is 11.3 Å². The van der Waals surface area contributed by atoms with Crippen molar-refractivity contribution in [2.24, 2.45) is 0 Å². The lowest BCUT2D eigenvalue weighted by atomic mass is 10.3. The molecule has 0 unspecified atom stereocenters. The van der Waals surface area contributed by atoms with E-state index in [1.807, 2.05) is 62.6 Å². The molecule has 3 rings (SSSR count). The van der Waals surface area contributed by atoms with Crippen LogP contribution < -0.4 is 22.0 Å². The van der Waals surface area contributed by atoms with Crippen LogP contribution in [0.25, 0.3) is 10.2 Å². The fourth-order valence-electron chi connectivity index (χ4n) is 2.63. The summed E-state index contributed by atoms with van der Waals surface area (Å²) in [6.45, 7) is 1.43. The van der Waals surface area contributed by atoms with E-state index in [9.17, 15) is 4.79 Å². The average molecular weight is 439 g/mol. The molecule has 0 aliphatic rings. The Bertz CT molecular complexity index is 903. The summed E-state index contributed by atoms with van der Waals surface area (Å²) >= 11 is 7.72. The highest BCUT2D eigenvalue weighted by molar-refractivity contribution is 7.22. The molecule has 0 fully saturated rings. The zero-order valence-electron chi connectivity index (χ0n) is 15.8. The van der Waals surface area contributed by atoms with Crippen molar-refractivity contribution < 1.29 is 21.9 Å². The van der Waals surface area contributed by atoms with E-state index < -0.39 is 0 Å². The van der Waals surface area contributed by atoms with Gasteiger partial charge in [0.15, 0.2) is 11.7 Å². The molecule has 0 aliphatic carbocycles.